The van der Waals surface area contributed by atoms with Crippen LogP contribution in [0.4, 0.5) is 0 Å². The van der Waals surface area contributed by atoms with Gasteiger partial charge in [0, 0.05) is 19.0 Å². The van der Waals surface area contributed by atoms with Gasteiger partial charge >= 0.3 is 0 Å². The number of nitrogens with zero attached hydrogens (tertiary/aromatic N) is 2. The predicted molar refractivity (Wildman–Crippen MR) is 70.7 cm³/mol. The summed E-state index contributed by atoms with van der Waals surface area (Å²) in [6, 6.07) is 0. The van der Waals surface area contributed by atoms with Crippen LogP contribution in [0.2, 0.25) is 0 Å². The minimum absolute atomic E-state index is 0.0602. The summed E-state index contributed by atoms with van der Waals surface area (Å²) in [5.41, 5.74) is -0.0602. The molecule has 0 spiro atoms. The molecule has 1 N–H and O–H groups in total. The van der Waals surface area contributed by atoms with E-state index in [1.54, 1.807) is 0 Å². The van der Waals surface area contributed by atoms with Crippen LogP contribution in [0.3, 0.4) is 0 Å². The molecule has 0 amide bonds. The van der Waals surface area contributed by atoms with Gasteiger partial charge in [-0.15, -0.1) is 0 Å². The number of ether oxygens (including phenoxy) is 1. The van der Waals surface area contributed by atoms with Crippen molar-refractivity contribution >= 4 is 0 Å². The van der Waals surface area contributed by atoms with Gasteiger partial charge in [0.15, 0.2) is 5.82 Å². The highest BCUT2D eigenvalue weighted by Gasteiger charge is 2.33. The van der Waals surface area contributed by atoms with Crippen molar-refractivity contribution < 1.29 is 9.26 Å². The topological polar surface area (TPSA) is 60.2 Å². The summed E-state index contributed by atoms with van der Waals surface area (Å²) in [6.07, 6.45) is 4.96. The molecule has 1 aromatic heterocycles. The Hall–Kier alpha value is -0.940. The second-order valence-electron chi connectivity index (χ2n) is 6.17. The lowest BCUT2D eigenvalue weighted by molar-refractivity contribution is -0.0841. The standard InChI is InChI=1S/C14H23N3O2/c1-3-10-4-5-11(6-10)13-16-12(19-17-13)7-18-14(2)8-15-9-14/h10-11,15H,3-9H2,1-2H3. The highest BCUT2D eigenvalue weighted by atomic mass is 16.5. The van der Waals surface area contributed by atoms with Crippen molar-refractivity contribution in [3.63, 3.8) is 0 Å². The van der Waals surface area contributed by atoms with E-state index in [2.05, 4.69) is 29.3 Å². The average molecular weight is 265 g/mol. The second kappa shape index (κ2) is 5.21. The molecule has 106 valence electrons. The summed E-state index contributed by atoms with van der Waals surface area (Å²) in [5.74, 6) is 2.82. The normalized spacial score (nSPS) is 29.4. The van der Waals surface area contributed by atoms with Gasteiger partial charge in [-0.2, -0.15) is 4.98 Å². The van der Waals surface area contributed by atoms with Crippen molar-refractivity contribution in [1.82, 2.24) is 15.5 Å². The largest absolute Gasteiger partial charge is 0.363 e. The Morgan fingerprint density at radius 1 is 1.42 bits per heavy atom. The van der Waals surface area contributed by atoms with Crippen LogP contribution in [0.1, 0.15) is 57.2 Å². The van der Waals surface area contributed by atoms with Gasteiger partial charge in [0.1, 0.15) is 6.61 Å². The molecule has 1 saturated carbocycles. The van der Waals surface area contributed by atoms with Gasteiger partial charge in [-0.05, 0) is 32.1 Å². The predicted octanol–water partition coefficient (Wildman–Crippen LogP) is 2.24. The lowest BCUT2D eigenvalue weighted by Gasteiger charge is -2.38. The van der Waals surface area contributed by atoms with Crippen molar-refractivity contribution in [2.75, 3.05) is 13.1 Å². The molecular formula is C14H23N3O2. The molecule has 19 heavy (non-hydrogen) atoms. The van der Waals surface area contributed by atoms with E-state index in [0.29, 0.717) is 18.4 Å². The SMILES string of the molecule is CCC1CCC(c2noc(COC3(C)CNC3)n2)C1. The Bertz CT molecular complexity index is 428. The Kier molecular flexibility index (Phi) is 3.58. The maximum Gasteiger partial charge on any atom is 0.252 e. The van der Waals surface area contributed by atoms with E-state index in [-0.39, 0.29) is 5.60 Å². The van der Waals surface area contributed by atoms with Crippen LogP contribution in [0.25, 0.3) is 0 Å². The Morgan fingerprint density at radius 3 is 2.89 bits per heavy atom. The van der Waals surface area contributed by atoms with E-state index in [0.717, 1.165) is 24.8 Å². The molecule has 0 aromatic carbocycles. The Morgan fingerprint density at radius 2 is 2.26 bits per heavy atom. The van der Waals surface area contributed by atoms with E-state index >= 15 is 0 Å². The summed E-state index contributed by atoms with van der Waals surface area (Å²) >= 11 is 0. The third kappa shape index (κ3) is 2.82. The minimum Gasteiger partial charge on any atom is -0.363 e. The fraction of sp³-hybridized carbons (Fsp3) is 0.857. The number of rotatable bonds is 5. The zero-order chi connectivity index (χ0) is 13.3. The van der Waals surface area contributed by atoms with Gasteiger partial charge in [0.05, 0.1) is 5.60 Å². The van der Waals surface area contributed by atoms with Crippen LogP contribution in [0, 0.1) is 5.92 Å². The lowest BCUT2D eigenvalue weighted by atomic mass is 10.0. The molecule has 5 nitrogen and oxygen atoms in total. The monoisotopic (exact) mass is 265 g/mol. The van der Waals surface area contributed by atoms with Gasteiger partial charge in [-0.25, -0.2) is 0 Å². The average Bonchev–Trinajstić information content (AvgIpc) is 3.02. The van der Waals surface area contributed by atoms with Gasteiger partial charge in [-0.3, -0.25) is 0 Å². The summed E-state index contributed by atoms with van der Waals surface area (Å²) in [7, 11) is 0. The van der Waals surface area contributed by atoms with E-state index in [9.17, 15) is 0 Å². The van der Waals surface area contributed by atoms with E-state index in [1.807, 2.05) is 0 Å². The molecule has 5 heteroatoms. The molecule has 2 heterocycles. The van der Waals surface area contributed by atoms with E-state index in [1.165, 1.54) is 25.7 Å². The maximum absolute atomic E-state index is 5.81. The van der Waals surface area contributed by atoms with Crippen molar-refractivity contribution in [3.05, 3.63) is 11.7 Å². The molecule has 2 unspecified atom stereocenters. The maximum atomic E-state index is 5.81. The van der Waals surface area contributed by atoms with Crippen LogP contribution < -0.4 is 5.32 Å². The zero-order valence-electron chi connectivity index (χ0n) is 11.8. The van der Waals surface area contributed by atoms with E-state index in [4.69, 9.17) is 9.26 Å². The van der Waals surface area contributed by atoms with Gasteiger partial charge in [0.2, 0.25) is 0 Å². The molecule has 1 aliphatic carbocycles. The van der Waals surface area contributed by atoms with Crippen LogP contribution in [0.15, 0.2) is 4.52 Å². The molecule has 1 saturated heterocycles. The second-order valence-corrected chi connectivity index (χ2v) is 6.17. The molecule has 1 aliphatic heterocycles. The number of hydrogen-bond donors (Lipinski definition) is 1. The molecule has 3 rings (SSSR count). The van der Waals surface area contributed by atoms with Crippen LogP contribution in [0.5, 0.6) is 0 Å². The summed E-state index contributed by atoms with van der Waals surface area (Å²) < 4.78 is 11.1. The molecule has 1 aromatic rings. The lowest BCUT2D eigenvalue weighted by Crippen LogP contribution is -2.58. The first-order chi connectivity index (χ1) is 9.18. The van der Waals surface area contributed by atoms with Gasteiger partial charge < -0.3 is 14.6 Å². The van der Waals surface area contributed by atoms with Crippen molar-refractivity contribution in [3.8, 4) is 0 Å². The van der Waals surface area contributed by atoms with Crippen molar-refractivity contribution in [2.24, 2.45) is 5.92 Å². The first kappa shape index (κ1) is 13.1. The zero-order valence-corrected chi connectivity index (χ0v) is 11.8. The summed E-state index contributed by atoms with van der Waals surface area (Å²) in [6.45, 7) is 6.58. The number of hydrogen-bond acceptors (Lipinski definition) is 5. The number of aromatic nitrogens is 2. The van der Waals surface area contributed by atoms with E-state index < -0.39 is 0 Å². The molecule has 2 aliphatic rings. The first-order valence-corrected chi connectivity index (χ1v) is 7.36. The quantitative estimate of drug-likeness (QED) is 0.884. The van der Waals surface area contributed by atoms with Crippen LogP contribution in [-0.4, -0.2) is 28.8 Å². The Balaban J connectivity index is 1.54. The van der Waals surface area contributed by atoms with Gasteiger partial charge in [-0.1, -0.05) is 18.5 Å². The summed E-state index contributed by atoms with van der Waals surface area (Å²) in [5, 5.41) is 7.34. The third-order valence-electron chi connectivity index (χ3n) is 4.51. The number of nitrogens with one attached hydrogen (secondary N) is 1. The molecule has 2 fully saturated rings. The fourth-order valence-corrected chi connectivity index (χ4v) is 2.99. The fourth-order valence-electron chi connectivity index (χ4n) is 2.99. The molecule has 0 radical (unpaired) electrons. The smallest absolute Gasteiger partial charge is 0.252 e. The molecule has 0 bridgehead atoms. The van der Waals surface area contributed by atoms with Gasteiger partial charge in [0.25, 0.3) is 5.89 Å². The van der Waals surface area contributed by atoms with Crippen LogP contribution in [-0.2, 0) is 11.3 Å². The Labute approximate surface area is 114 Å². The highest BCUT2D eigenvalue weighted by molar-refractivity contribution is 4.99. The summed E-state index contributed by atoms with van der Waals surface area (Å²) in [4.78, 5) is 4.50. The van der Waals surface area contributed by atoms with Crippen molar-refractivity contribution in [1.29, 1.82) is 0 Å². The molecule has 2 atom stereocenters. The molecular weight excluding hydrogens is 242 g/mol. The van der Waals surface area contributed by atoms with Crippen LogP contribution >= 0.6 is 0 Å². The third-order valence-corrected chi connectivity index (χ3v) is 4.51. The first-order valence-electron chi connectivity index (χ1n) is 7.36. The highest BCUT2D eigenvalue weighted by Crippen LogP contribution is 2.38. The van der Waals surface area contributed by atoms with Crippen molar-refractivity contribution in [2.45, 2.75) is 57.7 Å². The minimum atomic E-state index is -0.0602.